The van der Waals surface area contributed by atoms with E-state index in [1.165, 1.54) is 0 Å². The molecule has 3 rings (SSSR count). The second-order valence-electron chi connectivity index (χ2n) is 7.07. The lowest BCUT2D eigenvalue weighted by Gasteiger charge is -2.19. The van der Waals surface area contributed by atoms with E-state index in [0.29, 0.717) is 5.82 Å². The van der Waals surface area contributed by atoms with Crippen molar-refractivity contribution in [2.75, 3.05) is 10.6 Å². The van der Waals surface area contributed by atoms with Gasteiger partial charge in [0.05, 0.1) is 0 Å². The second kappa shape index (κ2) is 8.22. The number of pyridine rings is 2. The number of hydrogen-bond acceptors (Lipinski definition) is 4. The molecule has 138 valence electrons. The minimum atomic E-state index is -0.320. The van der Waals surface area contributed by atoms with Crippen LogP contribution in [-0.4, -0.2) is 16.0 Å². The highest BCUT2D eigenvalue weighted by Crippen LogP contribution is 2.29. The Morgan fingerprint density at radius 2 is 1.70 bits per heavy atom. The summed E-state index contributed by atoms with van der Waals surface area (Å²) in [5.41, 5.74) is 1.83. The van der Waals surface area contributed by atoms with Crippen molar-refractivity contribution in [3.8, 4) is 0 Å². The molecule has 3 aromatic rings. The van der Waals surface area contributed by atoms with Crippen molar-refractivity contribution in [2.45, 2.75) is 36.0 Å². The van der Waals surface area contributed by atoms with Gasteiger partial charge in [-0.15, -0.1) is 0 Å². The molecule has 2 heterocycles. The van der Waals surface area contributed by atoms with E-state index >= 15 is 0 Å². The number of anilines is 2. The molecule has 0 bridgehead atoms. The number of carbonyl (C=O) groups is 1. The number of rotatable bonds is 4. The lowest BCUT2D eigenvalue weighted by atomic mass is 9.88. The van der Waals surface area contributed by atoms with Crippen molar-refractivity contribution in [3.05, 3.63) is 72.7 Å². The number of nitrogens with zero attached hydrogens (tertiary/aromatic N) is 2. The molecule has 1 aromatic carbocycles. The first-order valence-electron chi connectivity index (χ1n) is 8.63. The number of carbonyl (C=O) groups excluding carboxylic acids is 1. The zero-order valence-electron chi connectivity index (χ0n) is 15.6. The Bertz CT molecular complexity index is 923. The number of urea groups is 1. The van der Waals surface area contributed by atoms with Gasteiger partial charge in [0.2, 0.25) is 0 Å². The monoisotopic (exact) mass is 378 g/mol. The van der Waals surface area contributed by atoms with E-state index in [4.69, 9.17) is 0 Å². The van der Waals surface area contributed by atoms with Gasteiger partial charge in [0, 0.05) is 34.1 Å². The van der Waals surface area contributed by atoms with E-state index in [1.807, 2.05) is 48.5 Å². The van der Waals surface area contributed by atoms with Crippen LogP contribution in [0.5, 0.6) is 0 Å². The third kappa shape index (κ3) is 5.56. The van der Waals surface area contributed by atoms with Gasteiger partial charge in [-0.05, 0) is 53.4 Å². The summed E-state index contributed by atoms with van der Waals surface area (Å²) >= 11 is 1.61. The van der Waals surface area contributed by atoms with Gasteiger partial charge in [0.1, 0.15) is 5.82 Å². The number of benzene rings is 1. The van der Waals surface area contributed by atoms with Gasteiger partial charge in [-0.25, -0.2) is 9.78 Å². The Balaban J connectivity index is 1.65. The lowest BCUT2D eigenvalue weighted by Crippen LogP contribution is -2.21. The first-order valence-corrected chi connectivity index (χ1v) is 9.44. The maximum atomic E-state index is 12.3. The fraction of sp³-hybridized carbons (Fsp3) is 0.190. The molecule has 0 aliphatic heterocycles. The first kappa shape index (κ1) is 18.9. The van der Waals surface area contributed by atoms with Crippen LogP contribution in [0.2, 0.25) is 0 Å². The molecule has 2 amide bonds. The van der Waals surface area contributed by atoms with Gasteiger partial charge in [0.15, 0.2) is 0 Å². The summed E-state index contributed by atoms with van der Waals surface area (Å²) in [6.07, 6.45) is 5.23. The molecule has 0 radical (unpaired) electrons. The normalized spacial score (nSPS) is 11.1. The van der Waals surface area contributed by atoms with Crippen molar-refractivity contribution in [2.24, 2.45) is 0 Å². The molecule has 0 aliphatic carbocycles. The van der Waals surface area contributed by atoms with Crippen LogP contribution in [0.15, 0.2) is 76.9 Å². The third-order valence-corrected chi connectivity index (χ3v) is 4.84. The summed E-state index contributed by atoms with van der Waals surface area (Å²) in [6.45, 7) is 6.37. The fourth-order valence-corrected chi connectivity index (χ4v) is 3.29. The van der Waals surface area contributed by atoms with Crippen LogP contribution in [0, 0.1) is 0 Å². The summed E-state index contributed by atoms with van der Waals surface area (Å²) in [5.74, 6) is 0.530. The predicted octanol–water partition coefficient (Wildman–Crippen LogP) is 5.57. The molecule has 0 atom stereocenters. The van der Waals surface area contributed by atoms with Crippen LogP contribution in [-0.2, 0) is 5.41 Å². The van der Waals surface area contributed by atoms with Gasteiger partial charge in [0.25, 0.3) is 0 Å². The highest BCUT2D eigenvalue weighted by Gasteiger charge is 2.14. The smallest absolute Gasteiger partial charge is 0.308 e. The number of amides is 2. The zero-order chi connectivity index (χ0) is 19.3. The lowest BCUT2D eigenvalue weighted by molar-refractivity contribution is 0.262. The Hall–Kier alpha value is -2.86. The number of hydrogen-bond donors (Lipinski definition) is 2. The Kier molecular flexibility index (Phi) is 5.76. The molecule has 0 saturated carbocycles. The van der Waals surface area contributed by atoms with Crippen molar-refractivity contribution < 1.29 is 4.79 Å². The third-order valence-electron chi connectivity index (χ3n) is 3.84. The van der Waals surface area contributed by atoms with E-state index < -0.39 is 0 Å². The zero-order valence-corrected chi connectivity index (χ0v) is 16.4. The topological polar surface area (TPSA) is 66.9 Å². The molecule has 0 unspecified atom stereocenters. The molecular weight excluding hydrogens is 356 g/mol. The molecule has 0 saturated heterocycles. The van der Waals surface area contributed by atoms with Crippen LogP contribution in [0.3, 0.4) is 0 Å². The minimum absolute atomic E-state index is 0.00560. The predicted molar refractivity (Wildman–Crippen MR) is 110 cm³/mol. The van der Waals surface area contributed by atoms with Gasteiger partial charge in [-0.3, -0.25) is 10.3 Å². The maximum absolute atomic E-state index is 12.3. The SMILES string of the molecule is CC(C)(C)c1ccnc(NC(=O)Nc2cccc(Sc3ccncc3)c2)c1. The minimum Gasteiger partial charge on any atom is -0.308 e. The van der Waals surface area contributed by atoms with Crippen molar-refractivity contribution in [1.29, 1.82) is 0 Å². The van der Waals surface area contributed by atoms with Crippen molar-refractivity contribution in [3.63, 3.8) is 0 Å². The molecule has 0 aliphatic rings. The Labute approximate surface area is 163 Å². The van der Waals surface area contributed by atoms with E-state index in [1.54, 1.807) is 30.4 Å². The van der Waals surface area contributed by atoms with E-state index in [0.717, 1.165) is 21.0 Å². The summed E-state index contributed by atoms with van der Waals surface area (Å²) < 4.78 is 0. The molecule has 6 heteroatoms. The fourth-order valence-electron chi connectivity index (χ4n) is 2.42. The van der Waals surface area contributed by atoms with E-state index in [2.05, 4.69) is 41.4 Å². The molecule has 27 heavy (non-hydrogen) atoms. The Morgan fingerprint density at radius 1 is 0.926 bits per heavy atom. The van der Waals surface area contributed by atoms with E-state index in [9.17, 15) is 4.79 Å². The summed E-state index contributed by atoms with van der Waals surface area (Å²) in [6, 6.07) is 15.1. The van der Waals surface area contributed by atoms with Gasteiger partial charge < -0.3 is 5.32 Å². The standard InChI is InChI=1S/C21H22N4OS/c1-21(2,3)15-7-12-23-19(13-15)25-20(26)24-16-5-4-6-18(14-16)27-17-8-10-22-11-9-17/h4-14H,1-3H3,(H2,23,24,25,26). The van der Waals surface area contributed by atoms with Crippen LogP contribution in [0.25, 0.3) is 0 Å². The van der Waals surface area contributed by atoms with Crippen molar-refractivity contribution in [1.82, 2.24) is 9.97 Å². The first-order chi connectivity index (χ1) is 12.9. The molecule has 0 fully saturated rings. The van der Waals surface area contributed by atoms with Crippen LogP contribution in [0.4, 0.5) is 16.3 Å². The van der Waals surface area contributed by atoms with Crippen LogP contribution < -0.4 is 10.6 Å². The molecule has 2 aromatic heterocycles. The number of aromatic nitrogens is 2. The van der Waals surface area contributed by atoms with Crippen LogP contribution in [0.1, 0.15) is 26.3 Å². The summed E-state index contributed by atoms with van der Waals surface area (Å²) in [7, 11) is 0. The summed E-state index contributed by atoms with van der Waals surface area (Å²) in [5, 5.41) is 5.65. The van der Waals surface area contributed by atoms with Crippen LogP contribution >= 0.6 is 11.8 Å². The summed E-state index contributed by atoms with van der Waals surface area (Å²) in [4.78, 5) is 22.7. The average Bonchev–Trinajstić information content (AvgIpc) is 2.62. The highest BCUT2D eigenvalue weighted by atomic mass is 32.2. The largest absolute Gasteiger partial charge is 0.324 e. The molecule has 5 nitrogen and oxygen atoms in total. The van der Waals surface area contributed by atoms with Gasteiger partial charge in [-0.2, -0.15) is 0 Å². The van der Waals surface area contributed by atoms with Gasteiger partial charge >= 0.3 is 6.03 Å². The molecule has 0 spiro atoms. The van der Waals surface area contributed by atoms with E-state index in [-0.39, 0.29) is 11.4 Å². The van der Waals surface area contributed by atoms with Gasteiger partial charge in [-0.1, -0.05) is 38.6 Å². The number of nitrogens with one attached hydrogen (secondary N) is 2. The Morgan fingerprint density at radius 3 is 2.44 bits per heavy atom. The average molecular weight is 379 g/mol. The maximum Gasteiger partial charge on any atom is 0.324 e. The highest BCUT2D eigenvalue weighted by molar-refractivity contribution is 7.99. The molecule has 2 N–H and O–H groups in total. The second-order valence-corrected chi connectivity index (χ2v) is 8.22. The molecular formula is C21H22N4OS. The van der Waals surface area contributed by atoms with Crippen molar-refractivity contribution >= 4 is 29.3 Å². The quantitative estimate of drug-likeness (QED) is 0.623.